The molecule has 0 heterocycles. The molecule has 4 heteroatoms. The van der Waals surface area contributed by atoms with Gasteiger partial charge in [0.05, 0.1) is 17.7 Å². The first-order valence-electron chi connectivity index (χ1n) is 7.79. The van der Waals surface area contributed by atoms with E-state index >= 15 is 0 Å². The highest BCUT2D eigenvalue weighted by Crippen LogP contribution is 2.24. The smallest absolute Gasteiger partial charge is 0.252 e. The molecule has 3 nitrogen and oxygen atoms in total. The van der Waals surface area contributed by atoms with Crippen LogP contribution < -0.4 is 5.32 Å². The summed E-state index contributed by atoms with van der Waals surface area (Å²) in [4.78, 5) is 12.7. The molecule has 0 fully saturated rings. The van der Waals surface area contributed by atoms with Crippen molar-refractivity contribution in [3.05, 3.63) is 106 Å². The van der Waals surface area contributed by atoms with Gasteiger partial charge in [-0.3, -0.25) is 4.79 Å². The number of amides is 1. The summed E-state index contributed by atoms with van der Waals surface area (Å²) >= 11 is 3.44. The third kappa shape index (κ3) is 4.14. The Bertz CT molecular complexity index is 897. The number of benzene rings is 3. The van der Waals surface area contributed by atoms with Gasteiger partial charge in [-0.2, -0.15) is 5.26 Å². The molecule has 0 aliphatic rings. The van der Waals surface area contributed by atoms with E-state index in [-0.39, 0.29) is 11.9 Å². The highest BCUT2D eigenvalue weighted by Gasteiger charge is 2.17. The van der Waals surface area contributed by atoms with Gasteiger partial charge in [0, 0.05) is 10.0 Å². The fourth-order valence-electron chi connectivity index (χ4n) is 2.57. The summed E-state index contributed by atoms with van der Waals surface area (Å²) in [6.45, 7) is 0. The molecule has 1 unspecified atom stereocenters. The number of nitrogens with zero attached hydrogens (tertiary/aromatic N) is 1. The zero-order valence-corrected chi connectivity index (χ0v) is 14.9. The number of rotatable bonds is 4. The van der Waals surface area contributed by atoms with Gasteiger partial charge in [0.1, 0.15) is 0 Å². The van der Waals surface area contributed by atoms with Gasteiger partial charge in [-0.25, -0.2) is 0 Å². The molecule has 122 valence electrons. The van der Waals surface area contributed by atoms with Crippen molar-refractivity contribution in [2.45, 2.75) is 6.04 Å². The average molecular weight is 391 g/mol. The molecule has 0 spiro atoms. The number of halogens is 1. The molecule has 0 aliphatic carbocycles. The molecule has 25 heavy (non-hydrogen) atoms. The van der Waals surface area contributed by atoms with Gasteiger partial charge in [-0.15, -0.1) is 0 Å². The summed E-state index contributed by atoms with van der Waals surface area (Å²) in [5, 5.41) is 12.0. The zero-order chi connectivity index (χ0) is 17.6. The summed E-state index contributed by atoms with van der Waals surface area (Å²) in [6, 6.07) is 26.1. The standard InChI is InChI=1S/C21H15BrN2O/c22-19-12-10-17(11-13-19)20(16-4-2-1-3-5-16)24-21(25)18-8-6-15(14-23)7-9-18/h1-13,20H,(H,24,25). The number of nitrogens with one attached hydrogen (secondary N) is 1. The first kappa shape index (κ1) is 16.9. The monoisotopic (exact) mass is 390 g/mol. The summed E-state index contributed by atoms with van der Waals surface area (Å²) in [5.74, 6) is -0.179. The Hall–Kier alpha value is -2.90. The minimum absolute atomic E-state index is 0.179. The lowest BCUT2D eigenvalue weighted by Gasteiger charge is -2.20. The van der Waals surface area contributed by atoms with Crippen molar-refractivity contribution in [3.8, 4) is 6.07 Å². The molecule has 1 N–H and O–H groups in total. The fourth-order valence-corrected chi connectivity index (χ4v) is 2.83. The minimum Gasteiger partial charge on any atom is -0.341 e. The van der Waals surface area contributed by atoms with E-state index in [4.69, 9.17) is 5.26 Å². The SMILES string of the molecule is N#Cc1ccc(C(=O)NC(c2ccccc2)c2ccc(Br)cc2)cc1. The van der Waals surface area contributed by atoms with Crippen molar-refractivity contribution >= 4 is 21.8 Å². The van der Waals surface area contributed by atoms with Gasteiger partial charge >= 0.3 is 0 Å². The molecule has 0 aliphatic heterocycles. The number of hydrogen-bond donors (Lipinski definition) is 1. The topological polar surface area (TPSA) is 52.9 Å². The van der Waals surface area contributed by atoms with E-state index in [1.807, 2.05) is 54.6 Å². The highest BCUT2D eigenvalue weighted by molar-refractivity contribution is 9.10. The summed E-state index contributed by atoms with van der Waals surface area (Å²) in [6.07, 6.45) is 0. The van der Waals surface area contributed by atoms with E-state index in [0.29, 0.717) is 11.1 Å². The maximum absolute atomic E-state index is 12.7. The van der Waals surface area contributed by atoms with Crippen LogP contribution in [0.1, 0.15) is 33.1 Å². The van der Waals surface area contributed by atoms with Crippen molar-refractivity contribution in [3.63, 3.8) is 0 Å². The van der Waals surface area contributed by atoms with E-state index in [1.165, 1.54) is 0 Å². The van der Waals surface area contributed by atoms with Gasteiger partial charge in [0.2, 0.25) is 0 Å². The lowest BCUT2D eigenvalue weighted by molar-refractivity contribution is 0.0943. The Morgan fingerprint density at radius 3 is 2.08 bits per heavy atom. The Morgan fingerprint density at radius 2 is 1.48 bits per heavy atom. The molecule has 3 aromatic carbocycles. The Balaban J connectivity index is 1.90. The van der Waals surface area contributed by atoms with Crippen molar-refractivity contribution in [1.29, 1.82) is 5.26 Å². The third-order valence-electron chi connectivity index (χ3n) is 3.89. The van der Waals surface area contributed by atoms with Crippen LogP contribution in [0.25, 0.3) is 0 Å². The normalized spacial score (nSPS) is 11.4. The number of carbonyl (C=O) groups excluding carboxylic acids is 1. The molecule has 0 saturated carbocycles. The van der Waals surface area contributed by atoms with Crippen LogP contribution in [0, 0.1) is 11.3 Å². The number of hydrogen-bond acceptors (Lipinski definition) is 2. The predicted octanol–water partition coefficient (Wildman–Crippen LogP) is 4.84. The Labute approximate surface area is 155 Å². The molecular formula is C21H15BrN2O. The molecule has 0 bridgehead atoms. The number of nitriles is 1. The van der Waals surface area contributed by atoms with Crippen molar-refractivity contribution in [2.75, 3.05) is 0 Å². The summed E-state index contributed by atoms with van der Waals surface area (Å²) in [5.41, 5.74) is 3.06. The van der Waals surface area contributed by atoms with Gasteiger partial charge in [0.25, 0.3) is 5.91 Å². The lowest BCUT2D eigenvalue weighted by Crippen LogP contribution is -2.29. The first-order valence-corrected chi connectivity index (χ1v) is 8.58. The molecular weight excluding hydrogens is 376 g/mol. The van der Waals surface area contributed by atoms with E-state index < -0.39 is 0 Å². The Morgan fingerprint density at radius 1 is 0.880 bits per heavy atom. The van der Waals surface area contributed by atoms with E-state index in [2.05, 4.69) is 27.3 Å². The molecule has 3 rings (SSSR count). The molecule has 0 radical (unpaired) electrons. The van der Waals surface area contributed by atoms with Crippen LogP contribution in [-0.2, 0) is 0 Å². The molecule has 0 aromatic heterocycles. The summed E-state index contributed by atoms with van der Waals surface area (Å²) in [7, 11) is 0. The zero-order valence-electron chi connectivity index (χ0n) is 13.3. The van der Waals surface area contributed by atoms with E-state index in [1.54, 1.807) is 24.3 Å². The van der Waals surface area contributed by atoms with Crippen LogP contribution in [0.3, 0.4) is 0 Å². The van der Waals surface area contributed by atoms with Crippen molar-refractivity contribution < 1.29 is 4.79 Å². The molecule has 1 amide bonds. The predicted molar refractivity (Wildman–Crippen MR) is 101 cm³/mol. The van der Waals surface area contributed by atoms with Gasteiger partial charge < -0.3 is 5.32 Å². The molecule has 1 atom stereocenters. The van der Waals surface area contributed by atoms with Crippen LogP contribution in [0.15, 0.2) is 83.3 Å². The largest absolute Gasteiger partial charge is 0.341 e. The first-order chi connectivity index (χ1) is 12.2. The van der Waals surface area contributed by atoms with Crippen molar-refractivity contribution in [2.24, 2.45) is 0 Å². The van der Waals surface area contributed by atoms with Crippen molar-refractivity contribution in [1.82, 2.24) is 5.32 Å². The van der Waals surface area contributed by atoms with Crippen LogP contribution in [-0.4, -0.2) is 5.91 Å². The van der Waals surface area contributed by atoms with Gasteiger partial charge in [-0.05, 0) is 47.5 Å². The van der Waals surface area contributed by atoms with Crippen LogP contribution in [0.4, 0.5) is 0 Å². The van der Waals surface area contributed by atoms with E-state index in [9.17, 15) is 4.79 Å². The minimum atomic E-state index is -0.252. The van der Waals surface area contributed by atoms with Gasteiger partial charge in [0.15, 0.2) is 0 Å². The van der Waals surface area contributed by atoms with Crippen LogP contribution >= 0.6 is 15.9 Å². The molecule has 0 saturated heterocycles. The maximum atomic E-state index is 12.7. The second-order valence-electron chi connectivity index (χ2n) is 5.56. The highest BCUT2D eigenvalue weighted by atomic mass is 79.9. The average Bonchev–Trinajstić information content (AvgIpc) is 2.67. The maximum Gasteiger partial charge on any atom is 0.252 e. The second-order valence-corrected chi connectivity index (χ2v) is 6.47. The fraction of sp³-hybridized carbons (Fsp3) is 0.0476. The quantitative estimate of drug-likeness (QED) is 0.692. The van der Waals surface area contributed by atoms with E-state index in [0.717, 1.165) is 15.6 Å². The lowest BCUT2D eigenvalue weighted by atomic mass is 9.98. The van der Waals surface area contributed by atoms with Crippen LogP contribution in [0.5, 0.6) is 0 Å². The number of carbonyl (C=O) groups is 1. The molecule has 3 aromatic rings. The Kier molecular flexibility index (Phi) is 5.27. The van der Waals surface area contributed by atoms with Gasteiger partial charge in [-0.1, -0.05) is 58.4 Å². The third-order valence-corrected chi connectivity index (χ3v) is 4.42. The van der Waals surface area contributed by atoms with Crippen LogP contribution in [0.2, 0.25) is 0 Å². The second kappa shape index (κ2) is 7.78. The summed E-state index contributed by atoms with van der Waals surface area (Å²) < 4.78 is 0.987.